The van der Waals surface area contributed by atoms with Crippen LogP contribution >= 0.6 is 0 Å². The topological polar surface area (TPSA) is 69.6 Å². The van der Waals surface area contributed by atoms with Crippen molar-refractivity contribution in [2.45, 2.75) is 41.2 Å². The summed E-state index contributed by atoms with van der Waals surface area (Å²) in [6.07, 6.45) is 0. The number of anilines is 1. The summed E-state index contributed by atoms with van der Waals surface area (Å²) in [5.74, 6) is 1.32. The van der Waals surface area contributed by atoms with Crippen LogP contribution in [0.2, 0.25) is 0 Å². The van der Waals surface area contributed by atoms with Crippen LogP contribution in [0.25, 0.3) is 11.4 Å². The zero-order chi connectivity index (χ0) is 14.9. The minimum Gasteiger partial charge on any atom is -0.398 e. The van der Waals surface area contributed by atoms with Crippen LogP contribution in [-0.2, 0) is 6.54 Å². The molecule has 0 bridgehead atoms. The molecule has 1 heterocycles. The zero-order valence-electron chi connectivity index (χ0n) is 12.9. The second-order valence-electron chi connectivity index (χ2n) is 6.32. The van der Waals surface area contributed by atoms with Gasteiger partial charge >= 0.3 is 0 Å². The third-order valence-electron chi connectivity index (χ3n) is 4.27. The predicted molar refractivity (Wildman–Crippen MR) is 81.0 cm³/mol. The maximum atomic E-state index is 5.97. The third kappa shape index (κ3) is 2.66. The Labute approximate surface area is 120 Å². The van der Waals surface area contributed by atoms with Crippen molar-refractivity contribution in [1.29, 1.82) is 0 Å². The van der Waals surface area contributed by atoms with Gasteiger partial charge in [0.1, 0.15) is 0 Å². The van der Waals surface area contributed by atoms with Crippen LogP contribution < -0.4 is 5.73 Å². The number of nitrogen functional groups attached to an aromatic ring is 1. The predicted octanol–water partition coefficient (Wildman–Crippen LogP) is 2.91. The molecule has 1 aromatic heterocycles. The Balaban J connectivity index is 2.41. The van der Waals surface area contributed by atoms with Crippen molar-refractivity contribution < 1.29 is 0 Å². The maximum Gasteiger partial charge on any atom is 0.182 e. The molecule has 0 fully saturated rings. The lowest BCUT2D eigenvalue weighted by Crippen LogP contribution is -2.26. The summed E-state index contributed by atoms with van der Waals surface area (Å²) in [7, 11) is 0. The Morgan fingerprint density at radius 3 is 2.65 bits per heavy atom. The first-order chi connectivity index (χ1) is 9.33. The molecule has 0 atom stereocenters. The quantitative estimate of drug-likeness (QED) is 0.870. The van der Waals surface area contributed by atoms with E-state index in [1.807, 2.05) is 29.8 Å². The van der Waals surface area contributed by atoms with Crippen LogP contribution in [0.15, 0.2) is 18.2 Å². The van der Waals surface area contributed by atoms with Crippen molar-refractivity contribution in [3.8, 4) is 11.4 Å². The molecule has 0 aliphatic rings. The number of hydrogen-bond acceptors (Lipinski definition) is 4. The van der Waals surface area contributed by atoms with Gasteiger partial charge in [0.05, 0.1) is 6.54 Å². The van der Waals surface area contributed by atoms with Crippen molar-refractivity contribution >= 4 is 5.69 Å². The van der Waals surface area contributed by atoms with Gasteiger partial charge in [0.15, 0.2) is 5.82 Å². The van der Waals surface area contributed by atoms with E-state index in [1.54, 1.807) is 0 Å². The first kappa shape index (κ1) is 14.5. The van der Waals surface area contributed by atoms with E-state index >= 15 is 0 Å². The van der Waals surface area contributed by atoms with Crippen LogP contribution in [0.4, 0.5) is 5.69 Å². The number of rotatable bonds is 4. The Kier molecular flexibility index (Phi) is 3.79. The van der Waals surface area contributed by atoms with E-state index in [1.165, 1.54) is 0 Å². The van der Waals surface area contributed by atoms with Crippen molar-refractivity contribution in [3.05, 3.63) is 23.8 Å². The summed E-state index contributed by atoms with van der Waals surface area (Å²) in [5, 5.41) is 12.2. The normalized spacial score (nSPS) is 12.1. The van der Waals surface area contributed by atoms with E-state index in [4.69, 9.17) is 5.73 Å². The lowest BCUT2D eigenvalue weighted by molar-refractivity contribution is 0.200. The summed E-state index contributed by atoms with van der Waals surface area (Å²) in [6, 6.07) is 5.84. The summed E-state index contributed by atoms with van der Waals surface area (Å²) < 4.78 is 1.88. The molecule has 0 aliphatic carbocycles. The van der Waals surface area contributed by atoms with Gasteiger partial charge in [-0.15, -0.1) is 5.10 Å². The highest BCUT2D eigenvalue weighted by Gasteiger charge is 2.25. The van der Waals surface area contributed by atoms with E-state index in [9.17, 15) is 0 Å². The number of benzene rings is 1. The fourth-order valence-corrected chi connectivity index (χ4v) is 1.97. The highest BCUT2D eigenvalue weighted by atomic mass is 15.5. The highest BCUT2D eigenvalue weighted by molar-refractivity contribution is 5.67. The second kappa shape index (κ2) is 5.23. The van der Waals surface area contributed by atoms with Crippen LogP contribution in [0.3, 0.4) is 0 Å². The van der Waals surface area contributed by atoms with E-state index in [-0.39, 0.29) is 5.41 Å². The minimum absolute atomic E-state index is 0.123. The fourth-order valence-electron chi connectivity index (χ4n) is 1.97. The van der Waals surface area contributed by atoms with Gasteiger partial charge in [-0.1, -0.05) is 39.8 Å². The van der Waals surface area contributed by atoms with Crippen molar-refractivity contribution in [2.75, 3.05) is 5.73 Å². The monoisotopic (exact) mass is 273 g/mol. The van der Waals surface area contributed by atoms with Crippen LogP contribution in [0.1, 0.15) is 33.3 Å². The number of nitrogens with zero attached hydrogens (tertiary/aromatic N) is 4. The number of nitrogens with two attached hydrogens (primary N) is 1. The molecule has 2 aromatic rings. The molecule has 0 amide bonds. The smallest absolute Gasteiger partial charge is 0.182 e. The van der Waals surface area contributed by atoms with Gasteiger partial charge in [-0.25, -0.2) is 4.68 Å². The average Bonchev–Trinajstić information content (AvgIpc) is 2.80. The van der Waals surface area contributed by atoms with Gasteiger partial charge in [0, 0.05) is 11.3 Å². The first-order valence-corrected chi connectivity index (χ1v) is 6.94. The van der Waals surface area contributed by atoms with Crippen LogP contribution in [0, 0.1) is 18.3 Å². The van der Waals surface area contributed by atoms with Crippen LogP contribution in [-0.4, -0.2) is 20.2 Å². The van der Waals surface area contributed by atoms with Crippen molar-refractivity contribution in [3.63, 3.8) is 0 Å². The Bertz CT molecular complexity index is 598. The molecule has 1 aromatic carbocycles. The summed E-state index contributed by atoms with van der Waals surface area (Å²) >= 11 is 0. The molecule has 2 N–H and O–H groups in total. The number of tetrazole rings is 1. The van der Waals surface area contributed by atoms with Crippen molar-refractivity contribution in [2.24, 2.45) is 11.3 Å². The van der Waals surface area contributed by atoms with Gasteiger partial charge in [0.25, 0.3) is 0 Å². The lowest BCUT2D eigenvalue weighted by Gasteiger charge is -2.29. The van der Waals surface area contributed by atoms with Gasteiger partial charge in [-0.3, -0.25) is 0 Å². The molecule has 2 rings (SSSR count). The Morgan fingerprint density at radius 1 is 1.30 bits per heavy atom. The van der Waals surface area contributed by atoms with Gasteiger partial charge in [0.2, 0.25) is 0 Å². The number of aromatic nitrogens is 4. The summed E-state index contributed by atoms with van der Waals surface area (Å²) in [5.41, 5.74) is 8.88. The van der Waals surface area contributed by atoms with Gasteiger partial charge in [-0.2, -0.15) is 0 Å². The van der Waals surface area contributed by atoms with E-state index in [0.29, 0.717) is 5.92 Å². The fraction of sp³-hybridized carbons (Fsp3) is 0.533. The summed E-state index contributed by atoms with van der Waals surface area (Å²) in [4.78, 5) is 0. The Hall–Kier alpha value is -1.91. The van der Waals surface area contributed by atoms with Crippen molar-refractivity contribution in [1.82, 2.24) is 20.2 Å². The molecule has 0 aliphatic heterocycles. The molecular weight excluding hydrogens is 250 g/mol. The Morgan fingerprint density at radius 2 is 2.00 bits per heavy atom. The second-order valence-corrected chi connectivity index (χ2v) is 6.32. The van der Waals surface area contributed by atoms with Crippen LogP contribution in [0.5, 0.6) is 0 Å². The number of hydrogen-bond donors (Lipinski definition) is 1. The molecule has 0 spiro atoms. The van der Waals surface area contributed by atoms with E-state index < -0.39 is 0 Å². The SMILES string of the molecule is Cc1c(N)cccc1-c1nnnn1CC(C)(C)C(C)C. The van der Waals surface area contributed by atoms with Gasteiger partial charge < -0.3 is 5.73 Å². The largest absolute Gasteiger partial charge is 0.398 e. The standard InChI is InChI=1S/C15H23N5/c1-10(2)15(4,5)9-20-14(17-18-19-20)12-7-6-8-13(16)11(12)3/h6-8,10H,9,16H2,1-5H3. The molecule has 108 valence electrons. The molecule has 5 heteroatoms. The molecule has 0 unspecified atom stereocenters. The molecular formula is C15H23N5. The molecule has 0 radical (unpaired) electrons. The van der Waals surface area contributed by atoms with E-state index in [0.717, 1.165) is 29.2 Å². The first-order valence-electron chi connectivity index (χ1n) is 6.94. The molecule has 0 saturated heterocycles. The highest BCUT2D eigenvalue weighted by Crippen LogP contribution is 2.30. The lowest BCUT2D eigenvalue weighted by atomic mass is 9.81. The zero-order valence-corrected chi connectivity index (χ0v) is 12.9. The summed E-state index contributed by atoms with van der Waals surface area (Å²) in [6.45, 7) is 11.7. The maximum absolute atomic E-state index is 5.97. The minimum atomic E-state index is 0.123. The van der Waals surface area contributed by atoms with E-state index in [2.05, 4.69) is 43.2 Å². The molecule has 5 nitrogen and oxygen atoms in total. The van der Waals surface area contributed by atoms with Gasteiger partial charge in [-0.05, 0) is 40.3 Å². The third-order valence-corrected chi connectivity index (χ3v) is 4.27. The average molecular weight is 273 g/mol. The molecule has 20 heavy (non-hydrogen) atoms. The molecule has 0 saturated carbocycles.